The predicted molar refractivity (Wildman–Crippen MR) is 56.7 cm³/mol. The minimum absolute atomic E-state index is 0.212. The number of nitrogens with two attached hydrogens (primary N) is 1. The molecule has 1 rings (SSSR count). The van der Waals surface area contributed by atoms with Gasteiger partial charge in [0.05, 0.1) is 17.2 Å². The standard InChI is InChI=1S/C10H11ClF3NO2/c1-5(16)9(15)6-2-3-8(7(11)4-6)17-10(12,13)14/h2-5,9,16H,15H2,1H3/t5-,9-/m0/s1. The number of rotatable bonds is 3. The second kappa shape index (κ2) is 5.12. The first-order valence-corrected chi connectivity index (χ1v) is 5.07. The van der Waals surface area contributed by atoms with Gasteiger partial charge in [0.25, 0.3) is 0 Å². The number of aliphatic hydroxyl groups excluding tert-OH is 1. The molecule has 0 bridgehead atoms. The van der Waals surface area contributed by atoms with E-state index in [2.05, 4.69) is 4.74 Å². The van der Waals surface area contributed by atoms with Crippen molar-refractivity contribution in [1.82, 2.24) is 0 Å². The minimum atomic E-state index is -4.79. The third kappa shape index (κ3) is 4.07. The average molecular weight is 270 g/mol. The molecule has 0 unspecified atom stereocenters. The maximum absolute atomic E-state index is 12.0. The van der Waals surface area contributed by atoms with Gasteiger partial charge in [-0.2, -0.15) is 0 Å². The summed E-state index contributed by atoms with van der Waals surface area (Å²) >= 11 is 5.62. The zero-order valence-electron chi connectivity index (χ0n) is 8.83. The van der Waals surface area contributed by atoms with Crippen LogP contribution in [0.25, 0.3) is 0 Å². The van der Waals surface area contributed by atoms with E-state index in [4.69, 9.17) is 17.3 Å². The molecule has 0 aromatic heterocycles. The largest absolute Gasteiger partial charge is 0.573 e. The van der Waals surface area contributed by atoms with Gasteiger partial charge >= 0.3 is 6.36 Å². The lowest BCUT2D eigenvalue weighted by Gasteiger charge is -2.17. The van der Waals surface area contributed by atoms with Crippen molar-refractivity contribution in [3.63, 3.8) is 0 Å². The average Bonchev–Trinajstić information content (AvgIpc) is 2.18. The summed E-state index contributed by atoms with van der Waals surface area (Å²) in [5.41, 5.74) is 6.04. The van der Waals surface area contributed by atoms with Crippen LogP contribution >= 0.6 is 11.6 Å². The summed E-state index contributed by atoms with van der Waals surface area (Å²) in [5.74, 6) is -0.499. The molecule has 0 aliphatic heterocycles. The Balaban J connectivity index is 2.94. The number of benzene rings is 1. The summed E-state index contributed by atoms with van der Waals surface area (Å²) in [4.78, 5) is 0. The van der Waals surface area contributed by atoms with Crippen molar-refractivity contribution >= 4 is 11.6 Å². The molecule has 3 N–H and O–H groups in total. The van der Waals surface area contributed by atoms with Gasteiger partial charge in [0.1, 0.15) is 5.75 Å². The van der Waals surface area contributed by atoms with Crippen LogP contribution < -0.4 is 10.5 Å². The molecule has 0 radical (unpaired) electrons. The van der Waals surface area contributed by atoms with Gasteiger partial charge in [0.2, 0.25) is 0 Å². The van der Waals surface area contributed by atoms with Gasteiger partial charge in [-0.25, -0.2) is 0 Å². The highest BCUT2D eigenvalue weighted by Crippen LogP contribution is 2.32. The smallest absolute Gasteiger partial charge is 0.404 e. The summed E-state index contributed by atoms with van der Waals surface area (Å²) in [6.07, 6.45) is -5.63. The molecule has 7 heteroatoms. The van der Waals surface area contributed by atoms with Crippen molar-refractivity contribution in [1.29, 1.82) is 0 Å². The Bertz CT molecular complexity index is 396. The van der Waals surface area contributed by atoms with E-state index in [1.54, 1.807) is 0 Å². The third-order valence-electron chi connectivity index (χ3n) is 2.09. The maximum atomic E-state index is 12.0. The number of ether oxygens (including phenoxy) is 1. The Morgan fingerprint density at radius 2 is 2.00 bits per heavy atom. The zero-order valence-corrected chi connectivity index (χ0v) is 9.59. The number of alkyl halides is 3. The lowest BCUT2D eigenvalue weighted by atomic mass is 10.0. The van der Waals surface area contributed by atoms with Gasteiger partial charge in [-0.3, -0.25) is 0 Å². The Morgan fingerprint density at radius 3 is 2.41 bits per heavy atom. The monoisotopic (exact) mass is 269 g/mol. The molecule has 0 heterocycles. The topological polar surface area (TPSA) is 55.5 Å². The van der Waals surface area contributed by atoms with Crippen molar-refractivity contribution in [3.8, 4) is 5.75 Å². The van der Waals surface area contributed by atoms with E-state index in [0.717, 1.165) is 6.07 Å². The first kappa shape index (κ1) is 14.1. The highest BCUT2D eigenvalue weighted by Gasteiger charge is 2.32. The molecule has 0 amide bonds. The van der Waals surface area contributed by atoms with Crippen LogP contribution in [0.2, 0.25) is 5.02 Å². The lowest BCUT2D eigenvalue weighted by Crippen LogP contribution is -2.23. The highest BCUT2D eigenvalue weighted by molar-refractivity contribution is 6.32. The van der Waals surface area contributed by atoms with E-state index in [1.807, 2.05) is 0 Å². The van der Waals surface area contributed by atoms with E-state index in [1.165, 1.54) is 19.1 Å². The lowest BCUT2D eigenvalue weighted by molar-refractivity contribution is -0.274. The number of hydrogen-bond acceptors (Lipinski definition) is 3. The van der Waals surface area contributed by atoms with Crippen molar-refractivity contribution in [2.45, 2.75) is 25.4 Å². The van der Waals surface area contributed by atoms with Crippen molar-refractivity contribution in [2.75, 3.05) is 0 Å². The Kier molecular flexibility index (Phi) is 4.24. The molecule has 96 valence electrons. The summed E-state index contributed by atoms with van der Waals surface area (Å²) in [6.45, 7) is 1.47. The third-order valence-corrected chi connectivity index (χ3v) is 2.38. The minimum Gasteiger partial charge on any atom is -0.404 e. The van der Waals surface area contributed by atoms with E-state index < -0.39 is 24.3 Å². The molecule has 2 atom stereocenters. The number of aliphatic hydroxyl groups is 1. The zero-order chi connectivity index (χ0) is 13.2. The normalized spacial score (nSPS) is 15.5. The molecular weight excluding hydrogens is 259 g/mol. The van der Waals surface area contributed by atoms with Crippen LogP contribution in [0.15, 0.2) is 18.2 Å². The highest BCUT2D eigenvalue weighted by atomic mass is 35.5. The van der Waals surface area contributed by atoms with Gasteiger partial charge in [0.15, 0.2) is 0 Å². The van der Waals surface area contributed by atoms with E-state index in [9.17, 15) is 18.3 Å². The van der Waals surface area contributed by atoms with Crippen LogP contribution in [0.5, 0.6) is 5.75 Å². The van der Waals surface area contributed by atoms with Gasteiger partial charge in [-0.05, 0) is 24.6 Å². The molecule has 0 saturated carbocycles. The first-order valence-electron chi connectivity index (χ1n) is 4.69. The van der Waals surface area contributed by atoms with Crippen LogP contribution in [0.1, 0.15) is 18.5 Å². The van der Waals surface area contributed by atoms with Gasteiger partial charge < -0.3 is 15.6 Å². The second-order valence-electron chi connectivity index (χ2n) is 3.50. The fourth-order valence-corrected chi connectivity index (χ4v) is 1.44. The molecule has 0 spiro atoms. The second-order valence-corrected chi connectivity index (χ2v) is 3.91. The Labute approximate surface area is 101 Å². The number of hydrogen-bond donors (Lipinski definition) is 2. The molecule has 0 aliphatic rings. The molecule has 0 saturated heterocycles. The van der Waals surface area contributed by atoms with Gasteiger partial charge in [-0.15, -0.1) is 13.2 Å². The fraction of sp³-hybridized carbons (Fsp3) is 0.400. The van der Waals surface area contributed by atoms with Gasteiger partial charge in [-0.1, -0.05) is 17.7 Å². The van der Waals surface area contributed by atoms with E-state index in [-0.39, 0.29) is 5.02 Å². The summed E-state index contributed by atoms with van der Waals surface area (Å²) in [7, 11) is 0. The van der Waals surface area contributed by atoms with Gasteiger partial charge in [0, 0.05) is 0 Å². The first-order chi connectivity index (χ1) is 7.70. The van der Waals surface area contributed by atoms with Crippen LogP contribution in [0.3, 0.4) is 0 Å². The molecule has 1 aromatic carbocycles. The van der Waals surface area contributed by atoms with Crippen LogP contribution in [-0.4, -0.2) is 17.6 Å². The Hall–Kier alpha value is -0.980. The van der Waals surface area contributed by atoms with Crippen LogP contribution in [-0.2, 0) is 0 Å². The van der Waals surface area contributed by atoms with E-state index >= 15 is 0 Å². The maximum Gasteiger partial charge on any atom is 0.573 e. The summed E-state index contributed by atoms with van der Waals surface area (Å²) < 4.78 is 39.6. The fourth-order valence-electron chi connectivity index (χ4n) is 1.21. The van der Waals surface area contributed by atoms with Crippen molar-refractivity contribution in [2.24, 2.45) is 5.73 Å². The molecule has 0 fully saturated rings. The molecule has 0 aliphatic carbocycles. The molecule has 1 aromatic rings. The van der Waals surface area contributed by atoms with E-state index in [0.29, 0.717) is 5.56 Å². The quantitative estimate of drug-likeness (QED) is 0.887. The SMILES string of the molecule is C[C@H](O)[C@H](N)c1ccc(OC(F)(F)F)c(Cl)c1. The van der Waals surface area contributed by atoms with Crippen LogP contribution in [0.4, 0.5) is 13.2 Å². The summed E-state index contributed by atoms with van der Waals surface area (Å²) in [6, 6.07) is 2.91. The van der Waals surface area contributed by atoms with Crippen molar-refractivity contribution in [3.05, 3.63) is 28.8 Å². The summed E-state index contributed by atoms with van der Waals surface area (Å²) in [5, 5.41) is 9.03. The molecule has 3 nitrogen and oxygen atoms in total. The molecule has 17 heavy (non-hydrogen) atoms. The Morgan fingerprint density at radius 1 is 1.41 bits per heavy atom. The van der Waals surface area contributed by atoms with Crippen LogP contribution in [0, 0.1) is 0 Å². The molecular formula is C10H11ClF3NO2. The predicted octanol–water partition coefficient (Wildman–Crippen LogP) is 2.62. The number of halogens is 4. The van der Waals surface area contributed by atoms with Crippen molar-refractivity contribution < 1.29 is 23.0 Å².